The third kappa shape index (κ3) is 5.21. The Balaban J connectivity index is 1.84. The van der Waals surface area contributed by atoms with E-state index >= 15 is 0 Å². The molecule has 0 atom stereocenters. The summed E-state index contributed by atoms with van der Waals surface area (Å²) in [6, 6.07) is 10.2. The van der Waals surface area contributed by atoms with E-state index in [1.165, 1.54) is 18.0 Å². The van der Waals surface area contributed by atoms with E-state index in [0.29, 0.717) is 27.1 Å². The molecule has 1 aromatic heterocycles. The van der Waals surface area contributed by atoms with Crippen molar-refractivity contribution in [1.29, 1.82) is 0 Å². The summed E-state index contributed by atoms with van der Waals surface area (Å²) < 4.78 is 38.4. The van der Waals surface area contributed by atoms with Crippen LogP contribution < -0.4 is 9.47 Å². The Hall–Kier alpha value is -2.36. The van der Waals surface area contributed by atoms with Crippen LogP contribution in [0.2, 0.25) is 10.0 Å². The average Bonchev–Trinajstić information content (AvgIpc) is 3.15. The van der Waals surface area contributed by atoms with Crippen LogP contribution in [-0.2, 0) is 6.61 Å². The van der Waals surface area contributed by atoms with Gasteiger partial charge in [-0.05, 0) is 48.2 Å². The summed E-state index contributed by atoms with van der Waals surface area (Å²) in [6.07, 6.45) is 0.350. The van der Waals surface area contributed by atoms with Crippen LogP contribution in [0.3, 0.4) is 0 Å². The van der Waals surface area contributed by atoms with Gasteiger partial charge in [-0.1, -0.05) is 35.0 Å². The molecule has 0 saturated carbocycles. The van der Waals surface area contributed by atoms with Gasteiger partial charge in [0.15, 0.2) is 0 Å². The molecule has 158 valence electrons. The molecule has 0 spiro atoms. The molecule has 1 heterocycles. The smallest absolute Gasteiger partial charge is 0.299 e. The lowest BCUT2D eigenvalue weighted by molar-refractivity contribution is 0.135. The first-order valence-electron chi connectivity index (χ1n) is 8.49. The SMILES string of the molecule is COc1ccc(C=Nn2c(SC)nnc2C(F)F)cc1COc1ccc(Cl)cc1Cl. The van der Waals surface area contributed by atoms with E-state index in [0.717, 1.165) is 10.2 Å². The van der Waals surface area contributed by atoms with Crippen LogP contribution in [0.4, 0.5) is 8.78 Å². The monoisotopic (exact) mass is 472 g/mol. The highest BCUT2D eigenvalue weighted by atomic mass is 35.5. The summed E-state index contributed by atoms with van der Waals surface area (Å²) in [6.45, 7) is 0.164. The number of methoxy groups -OCH3 is 1. The Bertz CT molecular complexity index is 1060. The third-order valence-corrected chi connectivity index (χ3v) is 5.07. The lowest BCUT2D eigenvalue weighted by atomic mass is 10.1. The topological polar surface area (TPSA) is 61.5 Å². The molecule has 30 heavy (non-hydrogen) atoms. The second-order valence-electron chi connectivity index (χ2n) is 5.84. The summed E-state index contributed by atoms with van der Waals surface area (Å²) in [5.74, 6) is 0.544. The number of aromatic nitrogens is 3. The fourth-order valence-corrected chi connectivity index (χ4v) is 3.41. The van der Waals surface area contributed by atoms with Crippen molar-refractivity contribution in [3.05, 3.63) is 63.4 Å². The number of halogens is 4. The predicted molar refractivity (Wildman–Crippen MR) is 114 cm³/mol. The number of thioether (sulfide) groups is 1. The maximum Gasteiger partial charge on any atom is 0.299 e. The first kappa shape index (κ1) is 22.3. The van der Waals surface area contributed by atoms with E-state index in [1.54, 1.807) is 49.8 Å². The van der Waals surface area contributed by atoms with Gasteiger partial charge in [-0.3, -0.25) is 0 Å². The van der Waals surface area contributed by atoms with Crippen molar-refractivity contribution in [1.82, 2.24) is 14.9 Å². The molecule has 0 amide bonds. The van der Waals surface area contributed by atoms with Gasteiger partial charge in [0.05, 0.1) is 18.3 Å². The zero-order chi connectivity index (χ0) is 21.7. The fourth-order valence-electron chi connectivity index (χ4n) is 2.51. The number of benzene rings is 2. The zero-order valence-electron chi connectivity index (χ0n) is 15.9. The Morgan fingerprint density at radius 2 is 1.93 bits per heavy atom. The van der Waals surface area contributed by atoms with Crippen molar-refractivity contribution in [2.75, 3.05) is 13.4 Å². The second-order valence-corrected chi connectivity index (χ2v) is 7.45. The predicted octanol–water partition coefficient (Wildman–Crippen LogP) is 5.71. The minimum atomic E-state index is -2.79. The van der Waals surface area contributed by atoms with Crippen LogP contribution in [0.5, 0.6) is 11.5 Å². The molecule has 2 aromatic carbocycles. The van der Waals surface area contributed by atoms with Gasteiger partial charge in [0.2, 0.25) is 11.0 Å². The molecule has 0 fully saturated rings. The van der Waals surface area contributed by atoms with Crippen molar-refractivity contribution in [2.45, 2.75) is 18.2 Å². The summed E-state index contributed by atoms with van der Waals surface area (Å²) in [5.41, 5.74) is 1.37. The summed E-state index contributed by atoms with van der Waals surface area (Å²) in [7, 11) is 1.54. The molecule has 0 aliphatic carbocycles. The van der Waals surface area contributed by atoms with Gasteiger partial charge in [0, 0.05) is 10.6 Å². The molecule has 0 unspecified atom stereocenters. The molecule has 0 radical (unpaired) electrons. The van der Waals surface area contributed by atoms with Crippen molar-refractivity contribution >= 4 is 41.2 Å². The summed E-state index contributed by atoms with van der Waals surface area (Å²) in [4.78, 5) is 0. The van der Waals surface area contributed by atoms with Gasteiger partial charge < -0.3 is 9.47 Å². The van der Waals surface area contributed by atoms with Crippen molar-refractivity contribution in [3.8, 4) is 11.5 Å². The molecular formula is C19H16Cl2F2N4O2S. The largest absolute Gasteiger partial charge is 0.496 e. The molecule has 6 nitrogen and oxygen atoms in total. The number of hydrogen-bond acceptors (Lipinski definition) is 6. The molecule has 3 aromatic rings. The average molecular weight is 473 g/mol. The second kappa shape index (κ2) is 10.1. The standard InChI is InChI=1S/C19H16Cl2F2N4O2S/c1-28-15-5-3-11(9-24-27-18(17(22)23)25-26-19(27)30-2)7-12(15)10-29-16-6-4-13(20)8-14(16)21/h3-9,17H,10H2,1-2H3. The van der Waals surface area contributed by atoms with Gasteiger partial charge in [0.1, 0.15) is 18.1 Å². The molecule has 0 saturated heterocycles. The van der Waals surface area contributed by atoms with E-state index < -0.39 is 12.2 Å². The van der Waals surface area contributed by atoms with E-state index in [9.17, 15) is 8.78 Å². The van der Waals surface area contributed by atoms with E-state index in [4.69, 9.17) is 32.7 Å². The fraction of sp³-hybridized carbons (Fsp3) is 0.211. The van der Waals surface area contributed by atoms with Crippen LogP contribution in [0.25, 0.3) is 0 Å². The van der Waals surface area contributed by atoms with Gasteiger partial charge in [-0.2, -0.15) is 9.78 Å². The molecule has 3 rings (SSSR count). The molecule has 0 bridgehead atoms. The van der Waals surface area contributed by atoms with Crippen molar-refractivity contribution in [2.24, 2.45) is 5.10 Å². The van der Waals surface area contributed by atoms with Crippen molar-refractivity contribution in [3.63, 3.8) is 0 Å². The van der Waals surface area contributed by atoms with Gasteiger partial charge >= 0.3 is 0 Å². The van der Waals surface area contributed by atoms with Crippen LogP contribution in [0.15, 0.2) is 46.7 Å². The quantitative estimate of drug-likeness (QED) is 0.310. The van der Waals surface area contributed by atoms with Crippen LogP contribution >= 0.6 is 35.0 Å². The normalized spacial score (nSPS) is 11.4. The molecule has 0 N–H and O–H groups in total. The Labute approximate surface area is 185 Å². The first-order chi connectivity index (χ1) is 14.4. The highest BCUT2D eigenvalue weighted by Gasteiger charge is 2.19. The molecule has 0 aliphatic rings. The Morgan fingerprint density at radius 1 is 1.17 bits per heavy atom. The van der Waals surface area contributed by atoms with Gasteiger partial charge in [0.25, 0.3) is 6.43 Å². The van der Waals surface area contributed by atoms with E-state index in [2.05, 4.69) is 15.3 Å². The molecule has 0 aliphatic heterocycles. The molecular weight excluding hydrogens is 457 g/mol. The number of hydrogen-bond donors (Lipinski definition) is 0. The number of ether oxygens (including phenoxy) is 2. The highest BCUT2D eigenvalue weighted by molar-refractivity contribution is 7.98. The van der Waals surface area contributed by atoms with Crippen LogP contribution in [-0.4, -0.2) is 34.5 Å². The van der Waals surface area contributed by atoms with Gasteiger partial charge in [-0.15, -0.1) is 10.2 Å². The van der Waals surface area contributed by atoms with Crippen LogP contribution in [0, 0.1) is 0 Å². The van der Waals surface area contributed by atoms with E-state index in [1.807, 2.05) is 0 Å². The number of nitrogens with zero attached hydrogens (tertiary/aromatic N) is 4. The van der Waals surface area contributed by atoms with Gasteiger partial charge in [-0.25, -0.2) is 8.78 Å². The molecule has 11 heteroatoms. The minimum Gasteiger partial charge on any atom is -0.496 e. The van der Waals surface area contributed by atoms with E-state index in [-0.39, 0.29) is 11.8 Å². The Morgan fingerprint density at radius 3 is 2.60 bits per heavy atom. The highest BCUT2D eigenvalue weighted by Crippen LogP contribution is 2.29. The maximum absolute atomic E-state index is 13.1. The summed E-state index contributed by atoms with van der Waals surface area (Å²) >= 11 is 13.2. The maximum atomic E-state index is 13.1. The number of alkyl halides is 2. The third-order valence-electron chi connectivity index (χ3n) is 3.92. The lowest BCUT2D eigenvalue weighted by Gasteiger charge is -2.12. The first-order valence-corrected chi connectivity index (χ1v) is 10.5. The van der Waals surface area contributed by atoms with Crippen molar-refractivity contribution < 1.29 is 18.3 Å². The van der Waals surface area contributed by atoms with Crippen LogP contribution in [0.1, 0.15) is 23.4 Å². The number of rotatable bonds is 8. The summed E-state index contributed by atoms with van der Waals surface area (Å²) in [5, 5.41) is 12.5. The minimum absolute atomic E-state index is 0.164. The lowest BCUT2D eigenvalue weighted by Crippen LogP contribution is -2.02. The Kier molecular flexibility index (Phi) is 7.52. The zero-order valence-corrected chi connectivity index (χ0v) is 18.2.